The predicted octanol–water partition coefficient (Wildman–Crippen LogP) is 6.33. The molecular weight excluding hydrogens is 465 g/mol. The molecular formula is C25H24Cl3N3O. The van der Waals surface area contributed by atoms with E-state index in [2.05, 4.69) is 9.55 Å². The zero-order valence-electron chi connectivity index (χ0n) is 17.6. The van der Waals surface area contributed by atoms with Crippen LogP contribution >= 0.6 is 34.8 Å². The van der Waals surface area contributed by atoms with Crippen molar-refractivity contribution in [1.29, 1.82) is 0 Å². The Hall–Kier alpha value is -2.01. The maximum atomic E-state index is 13.4. The average molecular weight is 489 g/mol. The molecule has 4 nitrogen and oxygen atoms in total. The standard InChI is InChI=1S/C25H24Cl3N3O/c26-20-3-1-19(2-4-20)25(9-10-25)24(32)30-12-7-17(8-13-30)23-29-11-14-31(23)16-18-15-21(27)5-6-22(18)28/h1-6,11,14-15,17H,7-10,12-13,16H2. The van der Waals surface area contributed by atoms with Crippen molar-refractivity contribution < 1.29 is 4.79 Å². The zero-order valence-corrected chi connectivity index (χ0v) is 19.9. The van der Waals surface area contributed by atoms with Crippen molar-refractivity contribution in [3.05, 3.63) is 86.9 Å². The van der Waals surface area contributed by atoms with Gasteiger partial charge in [0.2, 0.25) is 5.91 Å². The highest BCUT2D eigenvalue weighted by molar-refractivity contribution is 6.33. The summed E-state index contributed by atoms with van der Waals surface area (Å²) >= 11 is 18.6. The van der Waals surface area contributed by atoms with Gasteiger partial charge in [-0.1, -0.05) is 46.9 Å². The van der Waals surface area contributed by atoms with Crippen LogP contribution in [0.2, 0.25) is 15.1 Å². The molecule has 1 saturated heterocycles. The number of aromatic nitrogens is 2. The number of carbonyl (C=O) groups is 1. The molecule has 0 unspecified atom stereocenters. The normalized spacial score (nSPS) is 18.0. The number of amides is 1. The first-order chi connectivity index (χ1) is 15.5. The van der Waals surface area contributed by atoms with Gasteiger partial charge in [0.05, 0.1) is 12.0 Å². The Kier molecular flexibility index (Phi) is 5.96. The van der Waals surface area contributed by atoms with E-state index in [1.54, 1.807) is 6.07 Å². The number of piperidine rings is 1. The number of halogens is 3. The fourth-order valence-electron chi connectivity index (χ4n) is 4.83. The molecule has 166 valence electrons. The van der Waals surface area contributed by atoms with Gasteiger partial charge in [-0.2, -0.15) is 0 Å². The van der Waals surface area contributed by atoms with Gasteiger partial charge in [0.25, 0.3) is 0 Å². The van der Waals surface area contributed by atoms with Gasteiger partial charge in [0.1, 0.15) is 5.82 Å². The molecule has 0 bridgehead atoms. The number of hydrogen-bond donors (Lipinski definition) is 0. The van der Waals surface area contributed by atoms with Crippen molar-refractivity contribution in [3.63, 3.8) is 0 Å². The van der Waals surface area contributed by atoms with Crippen LogP contribution in [-0.2, 0) is 16.8 Å². The van der Waals surface area contributed by atoms with Gasteiger partial charge in [0, 0.05) is 46.5 Å². The van der Waals surface area contributed by atoms with Crippen LogP contribution in [-0.4, -0.2) is 33.4 Å². The van der Waals surface area contributed by atoms with Crippen LogP contribution in [0.1, 0.15) is 48.6 Å². The summed E-state index contributed by atoms with van der Waals surface area (Å²) in [7, 11) is 0. The van der Waals surface area contributed by atoms with E-state index < -0.39 is 0 Å². The van der Waals surface area contributed by atoms with Crippen LogP contribution in [0.15, 0.2) is 54.9 Å². The van der Waals surface area contributed by atoms with Gasteiger partial charge in [-0.05, 0) is 67.1 Å². The minimum absolute atomic E-state index is 0.257. The van der Waals surface area contributed by atoms with Crippen molar-refractivity contribution in [2.24, 2.45) is 0 Å². The molecule has 1 aliphatic carbocycles. The lowest BCUT2D eigenvalue weighted by atomic mass is 9.91. The predicted molar refractivity (Wildman–Crippen MR) is 129 cm³/mol. The molecule has 1 aliphatic heterocycles. The number of imidazole rings is 1. The molecule has 7 heteroatoms. The molecule has 0 atom stereocenters. The van der Waals surface area contributed by atoms with Crippen LogP contribution in [0.5, 0.6) is 0 Å². The number of nitrogens with zero attached hydrogens (tertiary/aromatic N) is 3. The Morgan fingerprint density at radius 1 is 1.00 bits per heavy atom. The highest BCUT2D eigenvalue weighted by Crippen LogP contribution is 2.50. The van der Waals surface area contributed by atoms with Crippen LogP contribution in [0, 0.1) is 0 Å². The first-order valence-corrected chi connectivity index (χ1v) is 12.1. The molecule has 0 N–H and O–H groups in total. The van der Waals surface area contributed by atoms with E-state index in [1.165, 1.54) is 0 Å². The Bertz CT molecular complexity index is 1130. The lowest BCUT2D eigenvalue weighted by Crippen LogP contribution is -2.44. The van der Waals surface area contributed by atoms with Gasteiger partial charge in [-0.3, -0.25) is 4.79 Å². The molecule has 2 heterocycles. The molecule has 0 spiro atoms. The molecule has 0 radical (unpaired) electrons. The van der Waals surface area contributed by atoms with Gasteiger partial charge in [0.15, 0.2) is 0 Å². The zero-order chi connectivity index (χ0) is 22.3. The van der Waals surface area contributed by atoms with E-state index in [0.717, 1.165) is 55.7 Å². The van der Waals surface area contributed by atoms with Crippen molar-refractivity contribution in [1.82, 2.24) is 14.5 Å². The first kappa shape index (κ1) is 21.8. The fraction of sp³-hybridized carbons (Fsp3) is 0.360. The van der Waals surface area contributed by atoms with Gasteiger partial charge in [-0.15, -0.1) is 0 Å². The van der Waals surface area contributed by atoms with Crippen LogP contribution < -0.4 is 0 Å². The van der Waals surface area contributed by atoms with Crippen molar-refractivity contribution >= 4 is 40.7 Å². The van der Waals surface area contributed by atoms with Crippen molar-refractivity contribution in [2.45, 2.75) is 43.6 Å². The molecule has 5 rings (SSSR count). The molecule has 1 aromatic heterocycles. The van der Waals surface area contributed by atoms with E-state index in [9.17, 15) is 4.79 Å². The third-order valence-electron chi connectivity index (χ3n) is 6.80. The second kappa shape index (κ2) is 8.74. The second-order valence-electron chi connectivity index (χ2n) is 8.80. The van der Waals surface area contributed by atoms with E-state index >= 15 is 0 Å². The minimum atomic E-state index is -0.348. The van der Waals surface area contributed by atoms with Crippen LogP contribution in [0.25, 0.3) is 0 Å². The molecule has 2 aromatic carbocycles. The van der Waals surface area contributed by atoms with Crippen molar-refractivity contribution in [3.8, 4) is 0 Å². The second-order valence-corrected chi connectivity index (χ2v) is 10.1. The smallest absolute Gasteiger partial charge is 0.233 e. The summed E-state index contributed by atoms with van der Waals surface area (Å²) < 4.78 is 2.15. The summed E-state index contributed by atoms with van der Waals surface area (Å²) in [6, 6.07) is 13.3. The summed E-state index contributed by atoms with van der Waals surface area (Å²) in [4.78, 5) is 20.1. The quantitative estimate of drug-likeness (QED) is 0.421. The van der Waals surface area contributed by atoms with Gasteiger partial charge < -0.3 is 9.47 Å². The Balaban J connectivity index is 1.26. The minimum Gasteiger partial charge on any atom is -0.342 e. The van der Waals surface area contributed by atoms with E-state index in [-0.39, 0.29) is 11.3 Å². The highest BCUT2D eigenvalue weighted by atomic mass is 35.5. The first-order valence-electron chi connectivity index (χ1n) is 11.0. The largest absolute Gasteiger partial charge is 0.342 e. The number of likely N-dealkylation sites (tertiary alicyclic amines) is 1. The van der Waals surface area contributed by atoms with E-state index in [4.69, 9.17) is 34.8 Å². The lowest BCUT2D eigenvalue weighted by Gasteiger charge is -2.34. The number of hydrogen-bond acceptors (Lipinski definition) is 2. The molecule has 1 amide bonds. The molecule has 3 aromatic rings. The number of carbonyl (C=O) groups excluding carboxylic acids is 1. The summed E-state index contributed by atoms with van der Waals surface area (Å²) in [5.74, 6) is 1.62. The summed E-state index contributed by atoms with van der Waals surface area (Å²) in [5, 5.41) is 2.08. The summed E-state index contributed by atoms with van der Waals surface area (Å²) in [6.45, 7) is 2.14. The maximum absolute atomic E-state index is 13.4. The summed E-state index contributed by atoms with van der Waals surface area (Å²) in [5.41, 5.74) is 1.71. The molecule has 2 aliphatic rings. The number of rotatable bonds is 5. The molecule has 32 heavy (non-hydrogen) atoms. The van der Waals surface area contributed by atoms with Crippen LogP contribution in [0.3, 0.4) is 0 Å². The lowest BCUT2D eigenvalue weighted by molar-refractivity contribution is -0.135. The number of benzene rings is 2. The Labute approximate surface area is 203 Å². The Morgan fingerprint density at radius 2 is 1.69 bits per heavy atom. The van der Waals surface area contributed by atoms with Crippen molar-refractivity contribution in [2.75, 3.05) is 13.1 Å². The monoisotopic (exact) mass is 487 g/mol. The third kappa shape index (κ3) is 4.16. The SMILES string of the molecule is O=C(N1CCC(c2nccn2Cc2cc(Cl)ccc2Cl)CC1)C1(c2ccc(Cl)cc2)CC1. The molecule has 1 saturated carbocycles. The topological polar surface area (TPSA) is 38.1 Å². The highest BCUT2D eigenvalue weighted by Gasteiger charge is 2.53. The van der Waals surface area contributed by atoms with Gasteiger partial charge in [-0.25, -0.2) is 4.98 Å². The third-order valence-corrected chi connectivity index (χ3v) is 7.66. The maximum Gasteiger partial charge on any atom is 0.233 e. The van der Waals surface area contributed by atoms with E-state index in [0.29, 0.717) is 27.5 Å². The molecule has 2 fully saturated rings. The fourth-order valence-corrected chi connectivity index (χ4v) is 5.32. The Morgan fingerprint density at radius 3 is 2.38 bits per heavy atom. The van der Waals surface area contributed by atoms with E-state index in [1.807, 2.05) is 53.7 Å². The average Bonchev–Trinajstić information content (AvgIpc) is 3.48. The van der Waals surface area contributed by atoms with Gasteiger partial charge >= 0.3 is 0 Å². The van der Waals surface area contributed by atoms with Crippen LogP contribution in [0.4, 0.5) is 0 Å². The summed E-state index contributed by atoms with van der Waals surface area (Å²) in [6.07, 6.45) is 7.47.